The lowest BCUT2D eigenvalue weighted by Gasteiger charge is -2.38. The van der Waals surface area contributed by atoms with Crippen LogP contribution < -0.4 is 10.1 Å². The first-order chi connectivity index (χ1) is 16.7. The molecule has 12 heteroatoms. The van der Waals surface area contributed by atoms with Gasteiger partial charge >= 0.3 is 6.36 Å². The summed E-state index contributed by atoms with van der Waals surface area (Å²) in [7, 11) is 0. The number of aliphatic hydroxyl groups excluding tert-OH is 1. The molecule has 3 unspecified atom stereocenters. The number of halogens is 4. The van der Waals surface area contributed by atoms with Crippen LogP contribution >= 0.6 is 11.6 Å². The summed E-state index contributed by atoms with van der Waals surface area (Å²) in [5.74, 6) is -1.18. The molecule has 1 fully saturated rings. The zero-order valence-electron chi connectivity index (χ0n) is 18.6. The third-order valence-corrected chi connectivity index (χ3v) is 6.40. The highest BCUT2D eigenvalue weighted by atomic mass is 35.5. The van der Waals surface area contributed by atoms with Gasteiger partial charge in [0.25, 0.3) is 0 Å². The van der Waals surface area contributed by atoms with Crippen LogP contribution in [0.25, 0.3) is 0 Å². The van der Waals surface area contributed by atoms with Crippen LogP contribution in [0.4, 0.5) is 13.2 Å². The minimum Gasteiger partial charge on any atom is -0.405 e. The molecular weight excluding hydrogens is 487 g/mol. The predicted molar refractivity (Wildman–Crippen MR) is 121 cm³/mol. The number of nitrogens with zero attached hydrogens (tertiary/aromatic N) is 4. The second-order valence-electron chi connectivity index (χ2n) is 8.41. The maximum atomic E-state index is 13.1. The highest BCUT2D eigenvalue weighted by Crippen LogP contribution is 2.37. The van der Waals surface area contributed by atoms with Gasteiger partial charge in [0.1, 0.15) is 24.6 Å². The summed E-state index contributed by atoms with van der Waals surface area (Å²) < 4.78 is 44.2. The van der Waals surface area contributed by atoms with Crippen LogP contribution in [0.1, 0.15) is 30.7 Å². The van der Waals surface area contributed by atoms with Crippen LogP contribution in [0.5, 0.6) is 5.75 Å². The Balaban J connectivity index is 1.43. The summed E-state index contributed by atoms with van der Waals surface area (Å²) >= 11 is 6.50. The van der Waals surface area contributed by atoms with Crippen molar-refractivity contribution in [3.05, 3.63) is 66.4 Å². The molecule has 1 aliphatic carbocycles. The number of nitrogens with one attached hydrogen (secondary N) is 1. The number of benzene rings is 1. The van der Waals surface area contributed by atoms with Crippen LogP contribution in [0.2, 0.25) is 0 Å². The molecule has 1 aliphatic heterocycles. The summed E-state index contributed by atoms with van der Waals surface area (Å²) in [6, 6.07) is 5.29. The second-order valence-corrected chi connectivity index (χ2v) is 8.92. The number of aromatic nitrogens is 3. The number of aliphatic hydroxyl groups is 1. The van der Waals surface area contributed by atoms with Crippen LogP contribution in [0.15, 0.2) is 60.8 Å². The summed E-state index contributed by atoms with van der Waals surface area (Å²) in [6.45, 7) is 0.788. The molecule has 2 heterocycles. The molecule has 1 amide bonds. The van der Waals surface area contributed by atoms with Crippen molar-refractivity contribution in [2.24, 2.45) is 0 Å². The van der Waals surface area contributed by atoms with E-state index < -0.39 is 29.9 Å². The molecule has 8 nitrogen and oxygen atoms in total. The Bertz CT molecular complexity index is 1080. The molecule has 1 aromatic carbocycles. The predicted octanol–water partition coefficient (Wildman–Crippen LogP) is 3.31. The second kappa shape index (κ2) is 10.8. The number of hydrogen-bond donors (Lipinski definition) is 2. The van der Waals surface area contributed by atoms with Gasteiger partial charge < -0.3 is 19.7 Å². The summed E-state index contributed by atoms with van der Waals surface area (Å²) in [6.07, 6.45) is 4.41. The average molecular weight is 512 g/mol. The van der Waals surface area contributed by atoms with E-state index in [1.54, 1.807) is 33.8 Å². The number of hydrogen-bond acceptors (Lipinski definition) is 6. The molecule has 0 saturated carbocycles. The van der Waals surface area contributed by atoms with Crippen molar-refractivity contribution in [2.45, 2.75) is 55.7 Å². The van der Waals surface area contributed by atoms with Gasteiger partial charge in [0.2, 0.25) is 5.91 Å². The number of carbonyl (C=O) groups is 1. The minimum atomic E-state index is -4.82. The van der Waals surface area contributed by atoms with E-state index in [0.29, 0.717) is 24.2 Å². The molecule has 4 rings (SSSR count). The van der Waals surface area contributed by atoms with Gasteiger partial charge in [-0.3, -0.25) is 9.69 Å². The highest BCUT2D eigenvalue weighted by Gasteiger charge is 2.35. The van der Waals surface area contributed by atoms with Crippen molar-refractivity contribution in [1.29, 1.82) is 0 Å². The van der Waals surface area contributed by atoms with Gasteiger partial charge in [-0.25, -0.2) is 0 Å². The van der Waals surface area contributed by atoms with Gasteiger partial charge in [-0.15, -0.1) is 35.0 Å². The lowest BCUT2D eigenvalue weighted by Crippen LogP contribution is -2.54. The number of carbonyl (C=O) groups excluding carboxylic acids is 1. The third-order valence-electron chi connectivity index (χ3n) is 6.01. The summed E-state index contributed by atoms with van der Waals surface area (Å²) in [5, 5.41) is 20.3. The lowest BCUT2D eigenvalue weighted by molar-refractivity contribution is -0.274. The molecule has 2 aromatic rings. The number of alkyl halides is 4. The molecule has 35 heavy (non-hydrogen) atoms. The van der Waals surface area contributed by atoms with Crippen molar-refractivity contribution >= 4 is 17.5 Å². The maximum absolute atomic E-state index is 13.1. The van der Waals surface area contributed by atoms with Crippen molar-refractivity contribution in [1.82, 2.24) is 25.0 Å². The van der Waals surface area contributed by atoms with Gasteiger partial charge in [0, 0.05) is 23.7 Å². The average Bonchev–Trinajstić information content (AvgIpc) is 3.32. The Morgan fingerprint density at radius 2 is 2.00 bits per heavy atom. The molecule has 2 aliphatic rings. The van der Waals surface area contributed by atoms with E-state index in [9.17, 15) is 23.1 Å². The topological polar surface area (TPSA) is 92.5 Å². The number of likely N-dealkylation sites (tertiary alicyclic amines) is 1. The molecule has 4 atom stereocenters. The van der Waals surface area contributed by atoms with Gasteiger partial charge in [0.05, 0.1) is 18.0 Å². The molecule has 1 saturated heterocycles. The lowest BCUT2D eigenvalue weighted by atomic mass is 9.90. The smallest absolute Gasteiger partial charge is 0.405 e. The molecule has 188 valence electrons. The first-order valence-electron chi connectivity index (χ1n) is 11.2. The summed E-state index contributed by atoms with van der Waals surface area (Å²) in [5.41, 5.74) is 0.734. The first-order valence-corrected chi connectivity index (χ1v) is 11.6. The molecule has 1 aromatic heterocycles. The van der Waals surface area contributed by atoms with Crippen LogP contribution in [-0.2, 0) is 11.3 Å². The number of allylic oxidation sites excluding steroid dienone is 3. The Labute approximate surface area is 205 Å². The number of amides is 1. The standard InChI is InChI=1S/C23H25ClF3N5O3/c24-18-11-15(8-9-16(18)17-5-1-2-7-20(17)35-23(25,26)27)30-22(34)19-6-3-4-10-32(19)21(33)12-31-13-28-29-14-31/h1-2,5,7-9,11,13-14,16,18-19,21,33H,3-4,6,10,12H2,(H,30,34)/t16?,18?,19-,21?/m1/s1. The van der Waals surface area contributed by atoms with E-state index in [-0.39, 0.29) is 18.2 Å². The van der Waals surface area contributed by atoms with E-state index >= 15 is 0 Å². The van der Waals surface area contributed by atoms with E-state index in [1.807, 2.05) is 0 Å². The monoisotopic (exact) mass is 511 g/mol. The minimum absolute atomic E-state index is 0.226. The Hall–Kier alpha value is -2.89. The van der Waals surface area contributed by atoms with E-state index in [1.165, 1.54) is 30.9 Å². The van der Waals surface area contributed by atoms with Crippen LogP contribution in [-0.4, -0.2) is 61.2 Å². The Kier molecular flexibility index (Phi) is 7.78. The number of para-hydroxylation sites is 1. The zero-order chi connectivity index (χ0) is 25.0. The largest absolute Gasteiger partial charge is 0.573 e. The van der Waals surface area contributed by atoms with Crippen molar-refractivity contribution in [3.8, 4) is 5.75 Å². The molecular formula is C23H25ClF3N5O3. The highest BCUT2D eigenvalue weighted by molar-refractivity contribution is 6.22. The number of piperidine rings is 1. The van der Waals surface area contributed by atoms with E-state index in [4.69, 9.17) is 11.6 Å². The third kappa shape index (κ3) is 6.41. The quantitative estimate of drug-likeness (QED) is 0.554. The normalized spacial score (nSPS) is 24.0. The fraction of sp³-hybridized carbons (Fsp3) is 0.435. The van der Waals surface area contributed by atoms with Gasteiger partial charge in [-0.1, -0.05) is 30.7 Å². The van der Waals surface area contributed by atoms with Crippen molar-refractivity contribution in [2.75, 3.05) is 6.54 Å². The number of ether oxygens (including phenoxy) is 1. The summed E-state index contributed by atoms with van der Waals surface area (Å²) in [4.78, 5) is 14.8. The fourth-order valence-electron chi connectivity index (χ4n) is 4.40. The van der Waals surface area contributed by atoms with Crippen LogP contribution in [0, 0.1) is 0 Å². The van der Waals surface area contributed by atoms with Gasteiger partial charge in [-0.2, -0.15) is 0 Å². The van der Waals surface area contributed by atoms with Crippen molar-refractivity contribution < 1.29 is 27.8 Å². The van der Waals surface area contributed by atoms with Crippen LogP contribution in [0.3, 0.4) is 0 Å². The van der Waals surface area contributed by atoms with Gasteiger partial charge in [0.15, 0.2) is 0 Å². The molecule has 0 bridgehead atoms. The molecule has 2 N–H and O–H groups in total. The first kappa shape index (κ1) is 25.2. The van der Waals surface area contributed by atoms with E-state index in [0.717, 1.165) is 12.8 Å². The van der Waals surface area contributed by atoms with Crippen molar-refractivity contribution in [3.63, 3.8) is 0 Å². The Morgan fingerprint density at radius 1 is 1.26 bits per heavy atom. The fourth-order valence-corrected chi connectivity index (χ4v) is 4.76. The van der Waals surface area contributed by atoms with E-state index in [2.05, 4.69) is 20.3 Å². The molecule has 0 radical (unpaired) electrons. The SMILES string of the molecule is O=C(NC1=CC(Cl)C(c2ccccc2OC(F)(F)F)C=C1)[C@H]1CCCCN1C(O)Cn1cnnc1. The molecule has 0 spiro atoms. The zero-order valence-corrected chi connectivity index (χ0v) is 19.4. The maximum Gasteiger partial charge on any atom is 0.573 e. The number of rotatable bonds is 7. The van der Waals surface area contributed by atoms with Gasteiger partial charge in [-0.05, 0) is 31.1 Å². The Morgan fingerprint density at radius 3 is 2.71 bits per heavy atom.